The summed E-state index contributed by atoms with van der Waals surface area (Å²) in [4.78, 5) is 16.1. The van der Waals surface area contributed by atoms with Crippen molar-refractivity contribution in [2.24, 2.45) is 0 Å². The first-order chi connectivity index (χ1) is 8.89. The van der Waals surface area contributed by atoms with Gasteiger partial charge in [0.25, 0.3) is 5.91 Å². The standard InChI is InChI=1S/C14H22FN3O/c1-5-7-14(3,4)18-13(19)11-8-10(15)9-17-12(11)16-6-2/h8-9H,5-7H2,1-4H3,(H,16,17)(H,18,19). The minimum Gasteiger partial charge on any atom is -0.370 e. The third kappa shape index (κ3) is 4.50. The van der Waals surface area contributed by atoms with Crippen LogP contribution < -0.4 is 10.6 Å². The van der Waals surface area contributed by atoms with Gasteiger partial charge in [-0.05, 0) is 33.3 Å². The van der Waals surface area contributed by atoms with E-state index in [4.69, 9.17) is 0 Å². The third-order valence-corrected chi connectivity index (χ3v) is 2.77. The number of anilines is 1. The van der Waals surface area contributed by atoms with Gasteiger partial charge < -0.3 is 10.6 Å². The van der Waals surface area contributed by atoms with E-state index in [1.165, 1.54) is 6.07 Å². The van der Waals surface area contributed by atoms with Crippen molar-refractivity contribution >= 4 is 11.7 Å². The highest BCUT2D eigenvalue weighted by atomic mass is 19.1. The Hall–Kier alpha value is -1.65. The Labute approximate surface area is 113 Å². The molecule has 0 aliphatic carbocycles. The molecule has 0 aromatic carbocycles. The van der Waals surface area contributed by atoms with Gasteiger partial charge in [-0.1, -0.05) is 13.3 Å². The van der Waals surface area contributed by atoms with Gasteiger partial charge in [0, 0.05) is 12.1 Å². The summed E-state index contributed by atoms with van der Waals surface area (Å²) >= 11 is 0. The Morgan fingerprint density at radius 3 is 2.68 bits per heavy atom. The van der Waals surface area contributed by atoms with Crippen LogP contribution in [-0.2, 0) is 0 Å². The summed E-state index contributed by atoms with van der Waals surface area (Å²) in [7, 11) is 0. The summed E-state index contributed by atoms with van der Waals surface area (Å²) in [5, 5.41) is 5.88. The monoisotopic (exact) mass is 267 g/mol. The summed E-state index contributed by atoms with van der Waals surface area (Å²) in [5.41, 5.74) is -0.0761. The van der Waals surface area contributed by atoms with Gasteiger partial charge in [0.15, 0.2) is 0 Å². The van der Waals surface area contributed by atoms with E-state index < -0.39 is 5.82 Å². The number of carbonyl (C=O) groups is 1. The number of nitrogens with zero attached hydrogens (tertiary/aromatic N) is 1. The van der Waals surface area contributed by atoms with E-state index in [-0.39, 0.29) is 17.0 Å². The normalized spacial score (nSPS) is 11.2. The van der Waals surface area contributed by atoms with E-state index in [2.05, 4.69) is 22.5 Å². The summed E-state index contributed by atoms with van der Waals surface area (Å²) in [6.45, 7) is 8.48. The Kier molecular flexibility index (Phi) is 5.27. The zero-order valence-electron chi connectivity index (χ0n) is 12.0. The van der Waals surface area contributed by atoms with Crippen LogP contribution in [-0.4, -0.2) is 23.0 Å². The molecule has 0 fully saturated rings. The number of amides is 1. The van der Waals surface area contributed by atoms with Crippen LogP contribution in [0.25, 0.3) is 0 Å². The molecule has 0 aliphatic rings. The molecule has 0 spiro atoms. The van der Waals surface area contributed by atoms with Crippen molar-refractivity contribution in [2.75, 3.05) is 11.9 Å². The van der Waals surface area contributed by atoms with Crippen LogP contribution in [0.4, 0.5) is 10.2 Å². The van der Waals surface area contributed by atoms with E-state index in [1.54, 1.807) is 0 Å². The van der Waals surface area contributed by atoms with E-state index >= 15 is 0 Å². The lowest BCUT2D eigenvalue weighted by atomic mass is 9.98. The highest BCUT2D eigenvalue weighted by molar-refractivity contribution is 5.99. The van der Waals surface area contributed by atoms with E-state index in [0.717, 1.165) is 19.0 Å². The smallest absolute Gasteiger partial charge is 0.255 e. The highest BCUT2D eigenvalue weighted by Gasteiger charge is 2.22. The molecule has 0 atom stereocenters. The van der Waals surface area contributed by atoms with E-state index in [0.29, 0.717) is 12.4 Å². The maximum Gasteiger partial charge on any atom is 0.255 e. The van der Waals surface area contributed by atoms with Crippen LogP contribution in [0.3, 0.4) is 0 Å². The molecule has 1 amide bonds. The van der Waals surface area contributed by atoms with Gasteiger partial charge in [0.2, 0.25) is 0 Å². The predicted molar refractivity (Wildman–Crippen MR) is 74.8 cm³/mol. The number of rotatable bonds is 6. The Bertz CT molecular complexity index is 446. The summed E-state index contributed by atoms with van der Waals surface area (Å²) in [6, 6.07) is 1.21. The van der Waals surface area contributed by atoms with Crippen LogP contribution >= 0.6 is 0 Å². The van der Waals surface area contributed by atoms with Crippen LogP contribution in [0.5, 0.6) is 0 Å². The van der Waals surface area contributed by atoms with E-state index in [1.807, 2.05) is 20.8 Å². The number of halogens is 1. The van der Waals surface area contributed by atoms with Gasteiger partial charge in [-0.15, -0.1) is 0 Å². The van der Waals surface area contributed by atoms with Gasteiger partial charge in [-0.2, -0.15) is 0 Å². The average molecular weight is 267 g/mol. The SMILES string of the molecule is CCCC(C)(C)NC(=O)c1cc(F)cnc1NCC. The number of hydrogen-bond donors (Lipinski definition) is 2. The molecule has 0 saturated heterocycles. The van der Waals surface area contributed by atoms with Crippen LogP contribution in [0.1, 0.15) is 50.9 Å². The molecule has 1 aromatic heterocycles. The summed E-state index contributed by atoms with van der Waals surface area (Å²) in [5.74, 6) is -0.407. The van der Waals surface area contributed by atoms with Gasteiger partial charge in [0.1, 0.15) is 11.6 Å². The molecule has 106 valence electrons. The van der Waals surface area contributed by atoms with Crippen LogP contribution in [0.15, 0.2) is 12.3 Å². The van der Waals surface area contributed by atoms with Crippen molar-refractivity contribution in [1.29, 1.82) is 0 Å². The van der Waals surface area contributed by atoms with Crippen molar-refractivity contribution in [1.82, 2.24) is 10.3 Å². The molecule has 1 heterocycles. The van der Waals surface area contributed by atoms with Crippen molar-refractivity contribution in [2.45, 2.75) is 46.1 Å². The molecule has 1 aromatic rings. The van der Waals surface area contributed by atoms with Crippen molar-refractivity contribution in [3.8, 4) is 0 Å². The average Bonchev–Trinajstić information content (AvgIpc) is 2.30. The number of carbonyl (C=O) groups excluding carboxylic acids is 1. The summed E-state index contributed by atoms with van der Waals surface area (Å²) < 4.78 is 13.3. The second-order valence-electron chi connectivity index (χ2n) is 5.17. The molecular formula is C14H22FN3O. The number of hydrogen-bond acceptors (Lipinski definition) is 3. The minimum atomic E-state index is -0.514. The molecule has 19 heavy (non-hydrogen) atoms. The lowest BCUT2D eigenvalue weighted by Gasteiger charge is -2.26. The van der Waals surface area contributed by atoms with Gasteiger partial charge in [-0.3, -0.25) is 4.79 Å². The minimum absolute atomic E-state index is 0.242. The molecule has 0 unspecified atom stereocenters. The number of aromatic nitrogens is 1. The van der Waals surface area contributed by atoms with Gasteiger partial charge in [-0.25, -0.2) is 9.37 Å². The predicted octanol–water partition coefficient (Wildman–Crippen LogP) is 2.96. The Morgan fingerprint density at radius 1 is 1.42 bits per heavy atom. The molecule has 0 radical (unpaired) electrons. The third-order valence-electron chi connectivity index (χ3n) is 2.77. The molecule has 0 saturated carbocycles. The van der Waals surface area contributed by atoms with Crippen molar-refractivity contribution < 1.29 is 9.18 Å². The molecule has 1 rings (SSSR count). The fraction of sp³-hybridized carbons (Fsp3) is 0.571. The molecule has 2 N–H and O–H groups in total. The molecule has 0 aliphatic heterocycles. The first-order valence-corrected chi connectivity index (χ1v) is 6.61. The maximum absolute atomic E-state index is 13.3. The second kappa shape index (κ2) is 6.50. The van der Waals surface area contributed by atoms with Gasteiger partial charge >= 0.3 is 0 Å². The number of pyridine rings is 1. The molecule has 5 heteroatoms. The second-order valence-corrected chi connectivity index (χ2v) is 5.17. The lowest BCUT2D eigenvalue weighted by Crippen LogP contribution is -2.43. The van der Waals surface area contributed by atoms with E-state index in [9.17, 15) is 9.18 Å². The summed E-state index contributed by atoms with van der Waals surface area (Å²) in [6.07, 6.45) is 2.93. The first-order valence-electron chi connectivity index (χ1n) is 6.61. The van der Waals surface area contributed by atoms with Crippen LogP contribution in [0.2, 0.25) is 0 Å². The maximum atomic E-state index is 13.3. The highest BCUT2D eigenvalue weighted by Crippen LogP contribution is 2.17. The zero-order valence-corrected chi connectivity index (χ0v) is 12.0. The number of nitrogens with one attached hydrogen (secondary N) is 2. The fourth-order valence-electron chi connectivity index (χ4n) is 1.98. The van der Waals surface area contributed by atoms with Crippen LogP contribution in [0, 0.1) is 5.82 Å². The zero-order chi connectivity index (χ0) is 14.5. The molecule has 4 nitrogen and oxygen atoms in total. The van der Waals surface area contributed by atoms with Crippen molar-refractivity contribution in [3.63, 3.8) is 0 Å². The quantitative estimate of drug-likeness (QED) is 0.833. The van der Waals surface area contributed by atoms with Crippen molar-refractivity contribution in [3.05, 3.63) is 23.6 Å². The molecular weight excluding hydrogens is 245 g/mol. The molecule has 0 bridgehead atoms. The van der Waals surface area contributed by atoms with Gasteiger partial charge in [0.05, 0.1) is 11.8 Å². The lowest BCUT2D eigenvalue weighted by molar-refractivity contribution is 0.0909. The first kappa shape index (κ1) is 15.4. The topological polar surface area (TPSA) is 54.0 Å². The fourth-order valence-corrected chi connectivity index (χ4v) is 1.98. The Balaban J connectivity index is 2.95. The largest absolute Gasteiger partial charge is 0.370 e. The Morgan fingerprint density at radius 2 is 2.11 bits per heavy atom.